The molecule has 2 aromatic heterocycles. The van der Waals surface area contributed by atoms with Crippen molar-refractivity contribution in [2.45, 2.75) is 26.2 Å². The number of hydrogen-bond donors (Lipinski definition) is 1. The van der Waals surface area contributed by atoms with Crippen molar-refractivity contribution in [1.82, 2.24) is 0 Å². The highest BCUT2D eigenvalue weighted by molar-refractivity contribution is 7.15. The second kappa shape index (κ2) is 8.68. The Bertz CT molecular complexity index is 927. The zero-order valence-corrected chi connectivity index (χ0v) is 16.1. The lowest BCUT2D eigenvalue weighted by Crippen LogP contribution is -2.14. The molecule has 3 rings (SSSR count). The van der Waals surface area contributed by atoms with E-state index in [1.807, 2.05) is 54.8 Å². The Balaban J connectivity index is 1.74. The van der Waals surface area contributed by atoms with E-state index < -0.39 is 5.97 Å². The third kappa shape index (κ3) is 4.46. The molecule has 0 saturated heterocycles. The van der Waals surface area contributed by atoms with Crippen molar-refractivity contribution < 1.29 is 18.7 Å². The van der Waals surface area contributed by atoms with E-state index in [-0.39, 0.29) is 12.3 Å². The van der Waals surface area contributed by atoms with Gasteiger partial charge in [0.05, 0.1) is 7.11 Å². The second-order valence-corrected chi connectivity index (χ2v) is 6.86. The molecule has 0 fully saturated rings. The van der Waals surface area contributed by atoms with E-state index >= 15 is 0 Å². The molecule has 0 radical (unpaired) electrons. The minimum Gasteiger partial charge on any atom is -0.466 e. The summed E-state index contributed by atoms with van der Waals surface area (Å²) in [6.07, 6.45) is 1.61. The van der Waals surface area contributed by atoms with Crippen LogP contribution in [0.4, 0.5) is 5.00 Å². The number of carbonyl (C=O) groups is 2. The number of furan rings is 1. The topological polar surface area (TPSA) is 68.5 Å². The fourth-order valence-corrected chi connectivity index (χ4v) is 3.73. The predicted molar refractivity (Wildman–Crippen MR) is 106 cm³/mol. The summed E-state index contributed by atoms with van der Waals surface area (Å²) in [4.78, 5) is 24.7. The molecule has 0 bridgehead atoms. The van der Waals surface area contributed by atoms with Crippen molar-refractivity contribution >= 4 is 28.2 Å². The summed E-state index contributed by atoms with van der Waals surface area (Å²) in [7, 11) is 1.34. The number of aryl methyl sites for hydroxylation is 2. The minimum absolute atomic E-state index is 0.170. The standard InChI is InChI=1S/C21H21NO4S/c1-3-15-9-10-16(26-15)11-12-18(23)22-20-19(21(24)25-2)17(13-27-20)14-7-5-4-6-8-14/h4-10,13H,3,11-12H2,1-2H3,(H,22,23). The molecule has 140 valence electrons. The molecule has 1 amide bonds. The number of carbonyl (C=O) groups excluding carboxylic acids is 2. The Hall–Kier alpha value is -2.86. The maximum absolute atomic E-state index is 12.4. The number of esters is 1. The molecule has 0 unspecified atom stereocenters. The smallest absolute Gasteiger partial charge is 0.341 e. The lowest BCUT2D eigenvalue weighted by atomic mass is 10.0. The van der Waals surface area contributed by atoms with Crippen molar-refractivity contribution in [2.24, 2.45) is 0 Å². The first-order valence-corrected chi connectivity index (χ1v) is 9.63. The number of hydrogen-bond acceptors (Lipinski definition) is 5. The maximum Gasteiger partial charge on any atom is 0.341 e. The molecule has 5 nitrogen and oxygen atoms in total. The lowest BCUT2D eigenvalue weighted by Gasteiger charge is -2.07. The van der Waals surface area contributed by atoms with E-state index in [4.69, 9.17) is 9.15 Å². The van der Waals surface area contributed by atoms with E-state index in [0.717, 1.165) is 29.1 Å². The summed E-state index contributed by atoms with van der Waals surface area (Å²) in [5, 5.41) is 5.20. The molecule has 0 spiro atoms. The number of amides is 1. The molecular weight excluding hydrogens is 362 g/mol. The largest absolute Gasteiger partial charge is 0.466 e. The van der Waals surface area contributed by atoms with Gasteiger partial charge in [-0.15, -0.1) is 11.3 Å². The molecule has 0 saturated carbocycles. The molecule has 0 atom stereocenters. The highest BCUT2D eigenvalue weighted by Crippen LogP contribution is 2.36. The summed E-state index contributed by atoms with van der Waals surface area (Å²) in [6.45, 7) is 2.02. The highest BCUT2D eigenvalue weighted by atomic mass is 32.1. The highest BCUT2D eigenvalue weighted by Gasteiger charge is 2.22. The molecule has 0 aliphatic heterocycles. The Labute approximate surface area is 162 Å². The summed E-state index contributed by atoms with van der Waals surface area (Å²) in [6, 6.07) is 13.4. The van der Waals surface area contributed by atoms with Crippen LogP contribution in [0.15, 0.2) is 52.3 Å². The minimum atomic E-state index is -0.468. The van der Waals surface area contributed by atoms with Crippen LogP contribution in [0.25, 0.3) is 11.1 Å². The number of anilines is 1. The second-order valence-electron chi connectivity index (χ2n) is 5.98. The van der Waals surface area contributed by atoms with Crippen LogP contribution in [0.5, 0.6) is 0 Å². The molecule has 3 aromatic rings. The Morgan fingerprint density at radius 3 is 2.52 bits per heavy atom. The zero-order chi connectivity index (χ0) is 19.2. The third-order valence-electron chi connectivity index (χ3n) is 4.18. The van der Waals surface area contributed by atoms with E-state index in [1.54, 1.807) is 0 Å². The number of benzene rings is 1. The molecular formula is C21H21NO4S. The normalized spacial score (nSPS) is 10.6. The van der Waals surface area contributed by atoms with Gasteiger partial charge in [-0.25, -0.2) is 4.79 Å². The molecule has 0 aliphatic rings. The van der Waals surface area contributed by atoms with Crippen molar-refractivity contribution in [3.05, 3.63) is 64.9 Å². The quantitative estimate of drug-likeness (QED) is 0.588. The van der Waals surface area contributed by atoms with Gasteiger partial charge in [-0.1, -0.05) is 37.3 Å². The average Bonchev–Trinajstić information content (AvgIpc) is 3.33. The predicted octanol–water partition coefficient (Wildman–Crippen LogP) is 4.93. The summed E-state index contributed by atoms with van der Waals surface area (Å²) >= 11 is 1.32. The lowest BCUT2D eigenvalue weighted by molar-refractivity contribution is -0.116. The molecule has 27 heavy (non-hydrogen) atoms. The maximum atomic E-state index is 12.4. The van der Waals surface area contributed by atoms with Crippen LogP contribution in [0.1, 0.15) is 35.2 Å². The van der Waals surface area contributed by atoms with Crippen molar-refractivity contribution in [3.63, 3.8) is 0 Å². The van der Waals surface area contributed by atoms with E-state index in [0.29, 0.717) is 17.0 Å². The van der Waals surface area contributed by atoms with Gasteiger partial charge in [0, 0.05) is 30.2 Å². The molecule has 1 aromatic carbocycles. The van der Waals surface area contributed by atoms with Gasteiger partial charge < -0.3 is 14.5 Å². The van der Waals surface area contributed by atoms with Crippen LogP contribution in [0, 0.1) is 0 Å². The van der Waals surface area contributed by atoms with Gasteiger partial charge >= 0.3 is 5.97 Å². The van der Waals surface area contributed by atoms with Crippen molar-refractivity contribution in [3.8, 4) is 11.1 Å². The van der Waals surface area contributed by atoms with E-state index in [2.05, 4.69) is 5.32 Å². The van der Waals surface area contributed by atoms with Gasteiger partial charge in [-0.05, 0) is 17.7 Å². The molecule has 1 N–H and O–H groups in total. The molecule has 6 heteroatoms. The van der Waals surface area contributed by atoms with Crippen LogP contribution in [-0.4, -0.2) is 19.0 Å². The number of thiophene rings is 1. The van der Waals surface area contributed by atoms with Crippen LogP contribution < -0.4 is 5.32 Å². The fourth-order valence-electron chi connectivity index (χ4n) is 2.76. The number of ether oxygens (including phenoxy) is 1. The van der Waals surface area contributed by atoms with Crippen molar-refractivity contribution in [2.75, 3.05) is 12.4 Å². The SMILES string of the molecule is CCc1ccc(CCC(=O)Nc2scc(-c3ccccc3)c2C(=O)OC)o1. The Kier molecular flexibility index (Phi) is 6.08. The third-order valence-corrected chi connectivity index (χ3v) is 5.08. The van der Waals surface area contributed by atoms with Gasteiger partial charge in [0.1, 0.15) is 22.1 Å². The van der Waals surface area contributed by atoms with Gasteiger partial charge in [0.15, 0.2) is 0 Å². The van der Waals surface area contributed by atoms with Crippen LogP contribution >= 0.6 is 11.3 Å². The summed E-state index contributed by atoms with van der Waals surface area (Å²) in [5.74, 6) is 1.05. The number of nitrogens with one attached hydrogen (secondary N) is 1. The van der Waals surface area contributed by atoms with E-state index in [9.17, 15) is 9.59 Å². The Morgan fingerprint density at radius 2 is 1.85 bits per heavy atom. The first kappa shape index (κ1) is 18.9. The van der Waals surface area contributed by atoms with Gasteiger partial charge in [0.2, 0.25) is 5.91 Å². The first-order valence-electron chi connectivity index (χ1n) is 8.75. The van der Waals surface area contributed by atoms with Crippen molar-refractivity contribution in [1.29, 1.82) is 0 Å². The van der Waals surface area contributed by atoms with E-state index in [1.165, 1.54) is 18.4 Å². The molecule has 0 aliphatic carbocycles. The molecule has 2 heterocycles. The monoisotopic (exact) mass is 383 g/mol. The number of methoxy groups -OCH3 is 1. The van der Waals surface area contributed by atoms with Gasteiger partial charge in [0.25, 0.3) is 0 Å². The van der Waals surface area contributed by atoms with Gasteiger partial charge in [-0.3, -0.25) is 4.79 Å². The van der Waals surface area contributed by atoms with Gasteiger partial charge in [-0.2, -0.15) is 0 Å². The first-order chi connectivity index (χ1) is 13.1. The number of rotatable bonds is 7. The summed E-state index contributed by atoms with van der Waals surface area (Å²) in [5.41, 5.74) is 2.03. The van der Waals surface area contributed by atoms with Crippen LogP contribution in [0.3, 0.4) is 0 Å². The zero-order valence-electron chi connectivity index (χ0n) is 15.3. The van der Waals surface area contributed by atoms with Crippen LogP contribution in [0.2, 0.25) is 0 Å². The fraction of sp³-hybridized carbons (Fsp3) is 0.238. The summed E-state index contributed by atoms with van der Waals surface area (Å²) < 4.78 is 10.5. The average molecular weight is 383 g/mol. The Morgan fingerprint density at radius 1 is 1.11 bits per heavy atom. The van der Waals surface area contributed by atoms with Crippen LogP contribution in [-0.2, 0) is 22.4 Å².